The first kappa shape index (κ1) is 33.2. The van der Waals surface area contributed by atoms with Crippen LogP contribution in [-0.4, -0.2) is 95.9 Å². The molecule has 3 rings (SSSR count). The summed E-state index contributed by atoms with van der Waals surface area (Å²) >= 11 is 0. The molecule has 3 aliphatic heterocycles. The molecular weight excluding hydrogens is 548 g/mol. The van der Waals surface area contributed by atoms with E-state index in [1.807, 2.05) is 13.8 Å². The number of aliphatic hydroxyl groups excluding tert-OH is 2. The first-order valence-electron chi connectivity index (χ1n) is 14.2. The van der Waals surface area contributed by atoms with Gasteiger partial charge in [0.25, 0.3) is 0 Å². The number of fused-ring (bicyclic) bond motifs is 4. The number of cyclic esters (lactones) is 2. The molecule has 0 unspecified atom stereocenters. The summed E-state index contributed by atoms with van der Waals surface area (Å²) < 4.78 is 22.5. The SMILES string of the molecule is C[C@@H]1NC(=O)CC=C[C@@H](C)[C@@H]2C=C[C@H](O)[C@@H](COC(=O)[C@H](C)NC(=O)CC=C[C@@H](C)[C@@H]3C=C[C@H](O)[C@@H](COC1=O)O3)O2. The molecule has 0 aromatic rings. The molecule has 232 valence electrons. The highest BCUT2D eigenvalue weighted by Crippen LogP contribution is 2.22. The summed E-state index contributed by atoms with van der Waals surface area (Å²) in [7, 11) is 0. The normalized spacial score (nSPS) is 37.8. The van der Waals surface area contributed by atoms with Crippen LogP contribution < -0.4 is 10.6 Å². The fourth-order valence-corrected chi connectivity index (χ4v) is 4.52. The van der Waals surface area contributed by atoms with Gasteiger partial charge in [-0.2, -0.15) is 0 Å². The molecule has 0 fully saturated rings. The van der Waals surface area contributed by atoms with Gasteiger partial charge in [0.1, 0.15) is 49.7 Å². The Bertz CT molecular complexity index is 1000. The van der Waals surface area contributed by atoms with E-state index in [2.05, 4.69) is 10.6 Å². The van der Waals surface area contributed by atoms with E-state index >= 15 is 0 Å². The average Bonchev–Trinajstić information content (AvgIpc) is 2.95. The molecule has 3 aliphatic rings. The molecule has 42 heavy (non-hydrogen) atoms. The van der Waals surface area contributed by atoms with E-state index in [0.29, 0.717) is 0 Å². The van der Waals surface area contributed by atoms with Crippen molar-refractivity contribution in [3.63, 3.8) is 0 Å². The largest absolute Gasteiger partial charge is 0.461 e. The fourth-order valence-electron chi connectivity index (χ4n) is 4.52. The molecule has 0 aromatic heterocycles. The van der Waals surface area contributed by atoms with Crippen LogP contribution in [0.5, 0.6) is 0 Å². The summed E-state index contributed by atoms with van der Waals surface area (Å²) in [6.07, 6.45) is 8.95. The minimum Gasteiger partial charge on any atom is -0.461 e. The van der Waals surface area contributed by atoms with Gasteiger partial charge in [-0.25, -0.2) is 9.59 Å². The molecule has 0 aromatic carbocycles. The number of esters is 2. The van der Waals surface area contributed by atoms with Crippen molar-refractivity contribution in [2.24, 2.45) is 11.8 Å². The summed E-state index contributed by atoms with van der Waals surface area (Å²) in [6, 6.07) is -1.83. The highest BCUT2D eigenvalue weighted by molar-refractivity contribution is 5.85. The third kappa shape index (κ3) is 9.90. The second-order valence-electron chi connectivity index (χ2n) is 10.9. The smallest absolute Gasteiger partial charge is 0.328 e. The van der Waals surface area contributed by atoms with Crippen molar-refractivity contribution in [2.75, 3.05) is 13.2 Å². The van der Waals surface area contributed by atoms with Crippen LogP contribution in [0.25, 0.3) is 0 Å². The third-order valence-electron chi connectivity index (χ3n) is 7.19. The van der Waals surface area contributed by atoms with Crippen LogP contribution in [0.3, 0.4) is 0 Å². The lowest BCUT2D eigenvalue weighted by Crippen LogP contribution is -2.44. The maximum absolute atomic E-state index is 12.5. The van der Waals surface area contributed by atoms with Gasteiger partial charge in [-0.1, -0.05) is 62.5 Å². The molecule has 0 saturated carbocycles. The minimum absolute atomic E-state index is 0.00794. The number of hydrogen-bond donors (Lipinski definition) is 4. The molecule has 0 aliphatic carbocycles. The quantitative estimate of drug-likeness (QED) is 0.232. The number of ether oxygens (including phenoxy) is 4. The van der Waals surface area contributed by atoms with Crippen LogP contribution >= 0.6 is 0 Å². The molecular formula is C30H42N2O10. The molecule has 12 nitrogen and oxygen atoms in total. The molecule has 4 N–H and O–H groups in total. The number of hydrogen-bond acceptors (Lipinski definition) is 10. The standard InChI is InChI=1S/C30H42N2O10/c1-17-7-5-9-27(35)31-19(3)30(38)40-16-26-22(34)12-14-24(42-26)18(2)8-6-10-28(36)32-20(4)29(37)39-15-25-21(33)11-13-23(17)41-25/h5-8,11-14,17-26,33-34H,9-10,15-16H2,1-4H3,(H,31,35)(H,32,36)/t17-,18-,19+,20+,21+,22+,23+,24+,25-,26-/m1/s1. The number of carbonyl (C=O) groups excluding carboxylic acids is 4. The Hall–Kier alpha value is -3.32. The van der Waals surface area contributed by atoms with Crippen LogP contribution in [0, 0.1) is 11.8 Å². The molecule has 0 saturated heterocycles. The Balaban J connectivity index is 1.70. The lowest BCUT2D eigenvalue weighted by Gasteiger charge is -2.32. The number of amides is 2. The predicted octanol–water partition coefficient (Wildman–Crippen LogP) is 0.630. The van der Waals surface area contributed by atoms with E-state index in [-0.39, 0.29) is 49.7 Å². The van der Waals surface area contributed by atoms with E-state index in [1.54, 1.807) is 48.6 Å². The summed E-state index contributed by atoms with van der Waals surface area (Å²) in [5.74, 6) is -2.47. The van der Waals surface area contributed by atoms with Crippen molar-refractivity contribution in [3.05, 3.63) is 48.6 Å². The predicted molar refractivity (Wildman–Crippen MR) is 151 cm³/mol. The van der Waals surface area contributed by atoms with Gasteiger partial charge in [0, 0.05) is 24.7 Å². The molecule has 0 radical (unpaired) electrons. The van der Waals surface area contributed by atoms with Gasteiger partial charge < -0.3 is 39.8 Å². The monoisotopic (exact) mass is 590 g/mol. The van der Waals surface area contributed by atoms with Crippen LogP contribution in [0.1, 0.15) is 40.5 Å². The van der Waals surface area contributed by atoms with Gasteiger partial charge >= 0.3 is 11.9 Å². The molecule has 0 spiro atoms. The van der Waals surface area contributed by atoms with Crippen molar-refractivity contribution in [1.29, 1.82) is 0 Å². The van der Waals surface area contributed by atoms with Crippen LogP contribution in [-0.2, 0) is 38.1 Å². The van der Waals surface area contributed by atoms with Gasteiger partial charge in [0.2, 0.25) is 11.8 Å². The number of nitrogens with one attached hydrogen (secondary N) is 2. The maximum Gasteiger partial charge on any atom is 0.328 e. The van der Waals surface area contributed by atoms with Crippen molar-refractivity contribution in [2.45, 2.75) is 89.2 Å². The summed E-state index contributed by atoms with van der Waals surface area (Å²) in [4.78, 5) is 49.8. The van der Waals surface area contributed by atoms with Gasteiger partial charge in [-0.3, -0.25) is 9.59 Å². The van der Waals surface area contributed by atoms with Gasteiger partial charge in [0.05, 0.1) is 12.2 Å². The summed E-state index contributed by atoms with van der Waals surface area (Å²) in [6.45, 7) is 6.32. The first-order chi connectivity index (χ1) is 19.9. The zero-order valence-electron chi connectivity index (χ0n) is 24.4. The van der Waals surface area contributed by atoms with Crippen molar-refractivity contribution < 1.29 is 48.3 Å². The summed E-state index contributed by atoms with van der Waals surface area (Å²) in [5, 5.41) is 25.8. The van der Waals surface area contributed by atoms with Gasteiger partial charge in [-0.15, -0.1) is 0 Å². The lowest BCUT2D eigenvalue weighted by molar-refractivity contribution is -0.157. The molecule has 2 amide bonds. The lowest BCUT2D eigenvalue weighted by atomic mass is 9.99. The van der Waals surface area contributed by atoms with Crippen LogP contribution in [0.4, 0.5) is 0 Å². The average molecular weight is 591 g/mol. The van der Waals surface area contributed by atoms with Crippen LogP contribution in [0.15, 0.2) is 48.6 Å². The zero-order chi connectivity index (χ0) is 30.8. The van der Waals surface area contributed by atoms with Crippen molar-refractivity contribution in [3.8, 4) is 0 Å². The maximum atomic E-state index is 12.5. The van der Waals surface area contributed by atoms with E-state index in [9.17, 15) is 29.4 Å². The Labute approximate surface area is 245 Å². The molecule has 4 bridgehead atoms. The fraction of sp³-hybridized carbons (Fsp3) is 0.600. The van der Waals surface area contributed by atoms with Crippen molar-refractivity contribution in [1.82, 2.24) is 10.6 Å². The van der Waals surface area contributed by atoms with Crippen molar-refractivity contribution >= 4 is 23.8 Å². The zero-order valence-corrected chi connectivity index (χ0v) is 24.4. The molecule has 12 heteroatoms. The molecule has 10 atom stereocenters. The van der Waals surface area contributed by atoms with E-state index in [4.69, 9.17) is 18.9 Å². The second kappa shape index (κ2) is 15.8. The van der Waals surface area contributed by atoms with Crippen LogP contribution in [0.2, 0.25) is 0 Å². The first-order valence-corrected chi connectivity index (χ1v) is 14.2. The number of aliphatic hydroxyl groups is 2. The highest BCUT2D eigenvalue weighted by Gasteiger charge is 2.31. The Kier molecular flexibility index (Phi) is 12.5. The van der Waals surface area contributed by atoms with Gasteiger partial charge in [0.15, 0.2) is 0 Å². The molecule has 3 heterocycles. The summed E-state index contributed by atoms with van der Waals surface area (Å²) in [5.41, 5.74) is 0. The second-order valence-corrected chi connectivity index (χ2v) is 10.9. The van der Waals surface area contributed by atoms with Gasteiger partial charge in [-0.05, 0) is 13.8 Å². The van der Waals surface area contributed by atoms with E-state index in [1.165, 1.54) is 13.8 Å². The highest BCUT2D eigenvalue weighted by atomic mass is 16.6. The van der Waals surface area contributed by atoms with E-state index in [0.717, 1.165) is 0 Å². The van der Waals surface area contributed by atoms with E-state index < -0.39 is 60.6 Å². The Morgan fingerprint density at radius 1 is 0.619 bits per heavy atom. The Morgan fingerprint density at radius 3 is 1.38 bits per heavy atom. The Morgan fingerprint density at radius 2 is 1.00 bits per heavy atom. The topological polar surface area (TPSA) is 170 Å². The third-order valence-corrected chi connectivity index (χ3v) is 7.19. The number of carbonyl (C=O) groups is 4. The minimum atomic E-state index is -0.984. The number of rotatable bonds is 0.